The number of carbonyl (C=O) groups excluding carboxylic acids is 1. The minimum absolute atomic E-state index is 0.142. The molecule has 2 aromatic carbocycles. The Morgan fingerprint density at radius 1 is 1.15 bits per heavy atom. The summed E-state index contributed by atoms with van der Waals surface area (Å²) in [6.07, 6.45) is 1.63. The molecule has 27 heavy (non-hydrogen) atoms. The molecule has 1 aromatic heterocycles. The van der Waals surface area contributed by atoms with Crippen molar-refractivity contribution in [3.05, 3.63) is 60.8 Å². The minimum atomic E-state index is -2.36. The number of carbonyl (C=O) groups is 2. The summed E-state index contributed by atoms with van der Waals surface area (Å²) in [7, 11) is 0. The van der Waals surface area contributed by atoms with Crippen LogP contribution >= 0.6 is 0 Å². The van der Waals surface area contributed by atoms with Gasteiger partial charge in [0.2, 0.25) is 5.60 Å². The first-order valence-corrected chi connectivity index (χ1v) is 8.36. The molecule has 1 atom stereocenters. The average Bonchev–Trinajstić information content (AvgIpc) is 3.22. The normalized spacial score (nSPS) is 19.4. The lowest BCUT2D eigenvalue weighted by molar-refractivity contribution is -0.162. The molecule has 1 aliphatic rings. The minimum Gasteiger partial charge on any atom is -0.479 e. The predicted octanol–water partition coefficient (Wildman–Crippen LogP) is 1.73. The van der Waals surface area contributed by atoms with Gasteiger partial charge in [0.15, 0.2) is 5.75 Å². The van der Waals surface area contributed by atoms with Gasteiger partial charge in [0, 0.05) is 30.2 Å². The third-order valence-corrected chi connectivity index (χ3v) is 4.64. The highest BCUT2D eigenvalue weighted by Crippen LogP contribution is 2.30. The van der Waals surface area contributed by atoms with Crippen LogP contribution in [0.4, 0.5) is 5.69 Å². The third-order valence-electron chi connectivity index (χ3n) is 4.64. The molecule has 2 heterocycles. The molecule has 1 amide bonds. The summed E-state index contributed by atoms with van der Waals surface area (Å²) in [4.78, 5) is 30.3. The molecular formula is C19H17N3O5. The van der Waals surface area contributed by atoms with Crippen molar-refractivity contribution in [2.45, 2.75) is 12.0 Å². The van der Waals surface area contributed by atoms with Gasteiger partial charge in [-0.2, -0.15) is 5.59 Å². The van der Waals surface area contributed by atoms with Crippen molar-refractivity contribution in [1.82, 2.24) is 4.68 Å². The van der Waals surface area contributed by atoms with E-state index in [4.69, 9.17) is 9.94 Å². The molecule has 1 unspecified atom stereocenters. The molecule has 3 N–H and O–H groups in total. The van der Waals surface area contributed by atoms with Crippen LogP contribution in [0.3, 0.4) is 0 Å². The predicted molar refractivity (Wildman–Crippen MR) is 97.9 cm³/mol. The summed E-state index contributed by atoms with van der Waals surface area (Å²) in [5, 5.41) is 20.0. The van der Waals surface area contributed by atoms with Gasteiger partial charge in [0.05, 0.1) is 5.52 Å². The van der Waals surface area contributed by atoms with E-state index in [-0.39, 0.29) is 13.0 Å². The van der Waals surface area contributed by atoms with Crippen molar-refractivity contribution in [2.75, 3.05) is 17.0 Å². The van der Waals surface area contributed by atoms with Crippen LogP contribution < -0.4 is 15.3 Å². The summed E-state index contributed by atoms with van der Waals surface area (Å²) in [5.41, 5.74) is 1.82. The van der Waals surface area contributed by atoms with Crippen LogP contribution in [0, 0.1) is 0 Å². The largest absolute Gasteiger partial charge is 0.479 e. The fraction of sp³-hybridized carbons (Fsp3) is 0.158. The SMILES string of the molecule is O=C(O)C1(O)CCN(c2ccc3c(ccn3NOc3ccccc3)c2)C1=O. The van der Waals surface area contributed by atoms with Crippen LogP contribution in [0.25, 0.3) is 10.9 Å². The average molecular weight is 367 g/mol. The molecule has 1 fully saturated rings. The highest BCUT2D eigenvalue weighted by molar-refractivity contribution is 6.14. The van der Waals surface area contributed by atoms with Gasteiger partial charge in [-0.05, 0) is 36.4 Å². The van der Waals surface area contributed by atoms with Gasteiger partial charge in [-0.15, -0.1) is 0 Å². The number of hydrogen-bond donors (Lipinski definition) is 3. The van der Waals surface area contributed by atoms with Gasteiger partial charge < -0.3 is 20.0 Å². The Hall–Kier alpha value is -3.52. The first-order chi connectivity index (χ1) is 13.0. The lowest BCUT2D eigenvalue weighted by Crippen LogP contribution is -2.46. The molecule has 4 rings (SSSR count). The number of aliphatic carboxylic acids is 1. The number of rotatable bonds is 5. The second-order valence-corrected chi connectivity index (χ2v) is 6.31. The van der Waals surface area contributed by atoms with Crippen molar-refractivity contribution in [2.24, 2.45) is 0 Å². The monoisotopic (exact) mass is 367 g/mol. The fourth-order valence-electron chi connectivity index (χ4n) is 3.12. The molecular weight excluding hydrogens is 350 g/mol. The number of amides is 1. The number of nitrogens with one attached hydrogen (secondary N) is 1. The van der Waals surface area contributed by atoms with Crippen LogP contribution in [-0.2, 0) is 9.59 Å². The quantitative estimate of drug-likeness (QED) is 0.469. The van der Waals surface area contributed by atoms with E-state index < -0.39 is 17.5 Å². The second-order valence-electron chi connectivity index (χ2n) is 6.31. The van der Waals surface area contributed by atoms with E-state index in [1.165, 1.54) is 4.90 Å². The van der Waals surface area contributed by atoms with Crippen LogP contribution in [0.2, 0.25) is 0 Å². The van der Waals surface area contributed by atoms with Gasteiger partial charge in [0.25, 0.3) is 5.91 Å². The van der Waals surface area contributed by atoms with Gasteiger partial charge in [-0.25, -0.2) is 9.47 Å². The number of hydrogen-bond acceptors (Lipinski definition) is 5. The smallest absolute Gasteiger partial charge is 0.345 e. The van der Waals surface area contributed by atoms with Crippen LogP contribution in [-0.4, -0.2) is 38.9 Å². The van der Waals surface area contributed by atoms with Gasteiger partial charge in [-0.1, -0.05) is 18.2 Å². The van der Waals surface area contributed by atoms with E-state index in [1.54, 1.807) is 29.1 Å². The molecule has 1 saturated heterocycles. The molecule has 0 aliphatic carbocycles. The number of nitrogens with zero attached hydrogens (tertiary/aromatic N) is 2. The van der Waals surface area contributed by atoms with E-state index in [0.717, 1.165) is 10.9 Å². The maximum Gasteiger partial charge on any atom is 0.345 e. The Balaban J connectivity index is 1.56. The standard InChI is InChI=1S/C19H17N3O5/c23-17-19(26,18(24)25)9-11-21(17)14-6-7-16-13(12-14)8-10-22(16)20-27-15-4-2-1-3-5-15/h1-8,10,12,20,26H,9,11H2,(H,24,25). The Kier molecular flexibility index (Phi) is 3.97. The van der Waals surface area contributed by atoms with Gasteiger partial charge in [0.1, 0.15) is 0 Å². The molecule has 0 radical (unpaired) electrons. The number of anilines is 1. The maximum atomic E-state index is 12.3. The molecule has 138 valence electrons. The highest BCUT2D eigenvalue weighted by Gasteiger charge is 2.52. The lowest BCUT2D eigenvalue weighted by atomic mass is 10.0. The maximum absolute atomic E-state index is 12.3. The number of para-hydroxylation sites is 1. The number of aromatic nitrogens is 1. The fourth-order valence-corrected chi connectivity index (χ4v) is 3.12. The van der Waals surface area contributed by atoms with Crippen molar-refractivity contribution in [1.29, 1.82) is 0 Å². The number of carboxylic acids is 1. The first kappa shape index (κ1) is 16.9. The van der Waals surface area contributed by atoms with Gasteiger partial charge in [-0.3, -0.25) is 4.79 Å². The molecule has 1 aliphatic heterocycles. The Bertz CT molecular complexity index is 1020. The Morgan fingerprint density at radius 3 is 2.63 bits per heavy atom. The van der Waals surface area contributed by atoms with Crippen molar-refractivity contribution < 1.29 is 24.6 Å². The van der Waals surface area contributed by atoms with Crippen LogP contribution in [0.15, 0.2) is 60.8 Å². The molecule has 8 heteroatoms. The first-order valence-electron chi connectivity index (χ1n) is 8.36. The molecule has 0 saturated carbocycles. The third kappa shape index (κ3) is 2.85. The van der Waals surface area contributed by atoms with E-state index in [2.05, 4.69) is 5.59 Å². The van der Waals surface area contributed by atoms with Crippen molar-refractivity contribution in [3.8, 4) is 5.75 Å². The van der Waals surface area contributed by atoms with Crippen LogP contribution in [0.5, 0.6) is 5.75 Å². The summed E-state index contributed by atoms with van der Waals surface area (Å²) >= 11 is 0. The zero-order valence-corrected chi connectivity index (χ0v) is 14.2. The summed E-state index contributed by atoms with van der Waals surface area (Å²) in [6.45, 7) is 0.142. The van der Waals surface area contributed by atoms with Gasteiger partial charge >= 0.3 is 5.97 Å². The van der Waals surface area contributed by atoms with E-state index >= 15 is 0 Å². The van der Waals surface area contributed by atoms with E-state index in [9.17, 15) is 14.7 Å². The number of fused-ring (bicyclic) bond motifs is 1. The van der Waals surface area contributed by atoms with E-state index in [1.807, 2.05) is 36.4 Å². The summed E-state index contributed by atoms with van der Waals surface area (Å²) in [6, 6.07) is 16.4. The van der Waals surface area contributed by atoms with E-state index in [0.29, 0.717) is 11.4 Å². The molecule has 8 nitrogen and oxygen atoms in total. The van der Waals surface area contributed by atoms with Crippen molar-refractivity contribution in [3.63, 3.8) is 0 Å². The summed E-state index contributed by atoms with van der Waals surface area (Å²) in [5.74, 6) is -1.68. The topological polar surface area (TPSA) is 104 Å². The number of benzene rings is 2. The number of aliphatic hydroxyl groups is 1. The molecule has 3 aromatic rings. The zero-order chi connectivity index (χ0) is 19.0. The summed E-state index contributed by atoms with van der Waals surface area (Å²) < 4.78 is 1.69. The Morgan fingerprint density at radius 2 is 1.93 bits per heavy atom. The second kappa shape index (κ2) is 6.33. The molecule has 0 spiro atoms. The van der Waals surface area contributed by atoms with Crippen molar-refractivity contribution >= 4 is 28.5 Å². The molecule has 0 bridgehead atoms. The Labute approximate surface area is 154 Å². The zero-order valence-electron chi connectivity index (χ0n) is 14.2. The van der Waals surface area contributed by atoms with Crippen LogP contribution in [0.1, 0.15) is 6.42 Å². The number of carboxylic acid groups (broad SMARTS) is 1. The highest BCUT2D eigenvalue weighted by atomic mass is 16.7. The lowest BCUT2D eigenvalue weighted by Gasteiger charge is -2.19.